The standard InChI is InChI=1S/C16H19N3O6S2/c1-16(2,3)18-26(22,23)13-10-8-12(9-11-13)17-27(24,25)15-7-5-4-6-14(15)19(20)21/h4-11,17-18H,1-3H3. The van der Waals surface area contributed by atoms with Crippen LogP contribution in [0.15, 0.2) is 58.3 Å². The number of anilines is 1. The van der Waals surface area contributed by atoms with Crippen LogP contribution < -0.4 is 9.44 Å². The fourth-order valence-corrected chi connectivity index (χ4v) is 4.86. The van der Waals surface area contributed by atoms with Crippen molar-refractivity contribution in [2.24, 2.45) is 0 Å². The second-order valence-electron chi connectivity index (χ2n) is 6.71. The molecule has 2 aromatic carbocycles. The van der Waals surface area contributed by atoms with Crippen molar-refractivity contribution in [3.8, 4) is 0 Å². The number of rotatable bonds is 6. The van der Waals surface area contributed by atoms with Crippen molar-refractivity contribution in [1.82, 2.24) is 4.72 Å². The number of nitro benzene ring substituents is 1. The van der Waals surface area contributed by atoms with E-state index in [0.717, 1.165) is 12.1 Å². The van der Waals surface area contributed by atoms with Gasteiger partial charge in [-0.15, -0.1) is 0 Å². The van der Waals surface area contributed by atoms with Gasteiger partial charge in [0.1, 0.15) is 0 Å². The SMILES string of the molecule is CC(C)(C)NS(=O)(=O)c1ccc(NS(=O)(=O)c2ccccc2[N+](=O)[O-])cc1. The van der Waals surface area contributed by atoms with Crippen LogP contribution in [-0.4, -0.2) is 27.3 Å². The molecule has 0 saturated carbocycles. The summed E-state index contributed by atoms with van der Waals surface area (Å²) < 4.78 is 54.1. The van der Waals surface area contributed by atoms with Gasteiger partial charge in [0, 0.05) is 17.3 Å². The van der Waals surface area contributed by atoms with Crippen LogP contribution in [0.3, 0.4) is 0 Å². The fourth-order valence-electron chi connectivity index (χ4n) is 2.21. The van der Waals surface area contributed by atoms with Crippen LogP contribution in [0.1, 0.15) is 20.8 Å². The molecule has 27 heavy (non-hydrogen) atoms. The first kappa shape index (κ1) is 20.8. The number of benzene rings is 2. The van der Waals surface area contributed by atoms with Gasteiger partial charge in [-0.25, -0.2) is 21.6 Å². The van der Waals surface area contributed by atoms with Crippen molar-refractivity contribution in [3.63, 3.8) is 0 Å². The Morgan fingerprint density at radius 2 is 1.44 bits per heavy atom. The van der Waals surface area contributed by atoms with Crippen molar-refractivity contribution in [2.45, 2.75) is 36.1 Å². The first-order chi connectivity index (χ1) is 12.3. The zero-order chi connectivity index (χ0) is 20.5. The summed E-state index contributed by atoms with van der Waals surface area (Å²) in [7, 11) is -7.99. The zero-order valence-corrected chi connectivity index (χ0v) is 16.5. The van der Waals surface area contributed by atoms with Gasteiger partial charge in [-0.05, 0) is 51.1 Å². The Bertz CT molecular complexity index is 1060. The van der Waals surface area contributed by atoms with Gasteiger partial charge in [0.2, 0.25) is 10.0 Å². The van der Waals surface area contributed by atoms with Crippen molar-refractivity contribution >= 4 is 31.4 Å². The van der Waals surface area contributed by atoms with Crippen molar-refractivity contribution < 1.29 is 21.8 Å². The summed E-state index contributed by atoms with van der Waals surface area (Å²) in [5.41, 5.74) is -1.16. The van der Waals surface area contributed by atoms with E-state index >= 15 is 0 Å². The quantitative estimate of drug-likeness (QED) is 0.551. The first-order valence-electron chi connectivity index (χ1n) is 7.72. The van der Waals surface area contributed by atoms with E-state index in [-0.39, 0.29) is 10.6 Å². The molecule has 0 aliphatic rings. The van der Waals surface area contributed by atoms with E-state index in [1.807, 2.05) is 0 Å². The third kappa shape index (κ3) is 5.25. The summed E-state index contributed by atoms with van der Waals surface area (Å²) in [5.74, 6) is 0. The molecule has 2 aromatic rings. The maximum Gasteiger partial charge on any atom is 0.289 e. The fraction of sp³-hybridized carbons (Fsp3) is 0.250. The molecule has 0 fully saturated rings. The molecule has 146 valence electrons. The number of para-hydroxylation sites is 1. The molecule has 0 aromatic heterocycles. The predicted molar refractivity (Wildman–Crippen MR) is 100 cm³/mol. The minimum atomic E-state index is -4.22. The number of nitrogens with one attached hydrogen (secondary N) is 2. The van der Waals surface area contributed by atoms with Crippen LogP contribution in [0, 0.1) is 10.1 Å². The lowest BCUT2D eigenvalue weighted by atomic mass is 10.1. The van der Waals surface area contributed by atoms with Crippen LogP contribution in [-0.2, 0) is 20.0 Å². The Hall–Kier alpha value is -2.50. The highest BCUT2D eigenvalue weighted by Crippen LogP contribution is 2.25. The van der Waals surface area contributed by atoms with Crippen molar-refractivity contribution in [3.05, 3.63) is 58.6 Å². The summed E-state index contributed by atoms with van der Waals surface area (Å²) in [4.78, 5) is 9.72. The number of nitro groups is 1. The maximum absolute atomic E-state index is 12.5. The predicted octanol–water partition coefficient (Wildman–Crippen LogP) is 2.47. The number of sulfonamides is 2. The monoisotopic (exact) mass is 413 g/mol. The number of nitrogens with zero attached hydrogens (tertiary/aromatic N) is 1. The van der Waals surface area contributed by atoms with Gasteiger partial charge in [-0.3, -0.25) is 14.8 Å². The van der Waals surface area contributed by atoms with Crippen LogP contribution in [0.25, 0.3) is 0 Å². The van der Waals surface area contributed by atoms with E-state index in [9.17, 15) is 26.9 Å². The highest BCUT2D eigenvalue weighted by Gasteiger charge is 2.26. The van der Waals surface area contributed by atoms with Gasteiger partial charge in [0.15, 0.2) is 4.90 Å². The molecule has 2 N–H and O–H groups in total. The molecule has 0 aliphatic carbocycles. The van der Waals surface area contributed by atoms with Gasteiger partial charge in [0.25, 0.3) is 15.7 Å². The van der Waals surface area contributed by atoms with Crippen LogP contribution in [0.4, 0.5) is 11.4 Å². The average Bonchev–Trinajstić information content (AvgIpc) is 2.52. The molecule has 0 amide bonds. The van der Waals surface area contributed by atoms with E-state index in [1.165, 1.54) is 36.4 Å². The highest BCUT2D eigenvalue weighted by molar-refractivity contribution is 7.93. The summed E-state index contributed by atoms with van der Waals surface area (Å²) in [6, 6.07) is 9.95. The molecule has 2 rings (SSSR count). The lowest BCUT2D eigenvalue weighted by Gasteiger charge is -2.20. The minimum absolute atomic E-state index is 0.0361. The van der Waals surface area contributed by atoms with Crippen LogP contribution >= 0.6 is 0 Å². The number of hydrogen-bond donors (Lipinski definition) is 2. The average molecular weight is 413 g/mol. The third-order valence-corrected chi connectivity index (χ3v) is 6.41. The van der Waals surface area contributed by atoms with E-state index < -0.39 is 41.1 Å². The van der Waals surface area contributed by atoms with Gasteiger partial charge in [-0.2, -0.15) is 0 Å². The Balaban J connectivity index is 2.31. The molecular formula is C16H19N3O6S2. The van der Waals surface area contributed by atoms with E-state index in [2.05, 4.69) is 9.44 Å². The second kappa shape index (κ2) is 7.25. The van der Waals surface area contributed by atoms with Crippen molar-refractivity contribution in [1.29, 1.82) is 0 Å². The van der Waals surface area contributed by atoms with Crippen molar-refractivity contribution in [2.75, 3.05) is 4.72 Å². The van der Waals surface area contributed by atoms with Gasteiger partial charge >= 0.3 is 0 Å². The summed E-state index contributed by atoms with van der Waals surface area (Å²) >= 11 is 0. The zero-order valence-electron chi connectivity index (χ0n) is 14.8. The van der Waals surface area contributed by atoms with E-state index in [0.29, 0.717) is 0 Å². The molecule has 0 heterocycles. The van der Waals surface area contributed by atoms with Gasteiger partial charge < -0.3 is 0 Å². The Kier molecular flexibility index (Phi) is 5.59. The summed E-state index contributed by atoms with van der Waals surface area (Å²) in [5, 5.41) is 11.0. The van der Waals surface area contributed by atoms with Crippen LogP contribution in [0.2, 0.25) is 0 Å². The molecule has 0 saturated heterocycles. The molecule has 0 spiro atoms. The lowest BCUT2D eigenvalue weighted by molar-refractivity contribution is -0.387. The normalized spacial score (nSPS) is 12.6. The molecular weight excluding hydrogens is 394 g/mol. The molecule has 0 unspecified atom stereocenters. The topological polar surface area (TPSA) is 135 Å². The third-order valence-electron chi connectivity index (χ3n) is 3.21. The van der Waals surface area contributed by atoms with E-state index in [4.69, 9.17) is 0 Å². The molecule has 0 aliphatic heterocycles. The van der Waals surface area contributed by atoms with E-state index in [1.54, 1.807) is 20.8 Å². The van der Waals surface area contributed by atoms with Gasteiger partial charge in [0.05, 0.1) is 9.82 Å². The molecule has 11 heteroatoms. The maximum atomic E-state index is 12.5. The Morgan fingerprint density at radius 1 is 0.889 bits per heavy atom. The number of hydrogen-bond acceptors (Lipinski definition) is 6. The Labute approximate surface area is 157 Å². The second-order valence-corrected chi connectivity index (χ2v) is 10.0. The minimum Gasteiger partial charge on any atom is -0.279 e. The van der Waals surface area contributed by atoms with Gasteiger partial charge in [-0.1, -0.05) is 12.1 Å². The summed E-state index contributed by atoms with van der Waals surface area (Å²) in [6.45, 7) is 5.08. The first-order valence-corrected chi connectivity index (χ1v) is 10.7. The molecule has 0 radical (unpaired) electrons. The molecule has 9 nitrogen and oxygen atoms in total. The molecule has 0 atom stereocenters. The highest BCUT2D eigenvalue weighted by atomic mass is 32.2. The Morgan fingerprint density at radius 3 is 1.96 bits per heavy atom. The smallest absolute Gasteiger partial charge is 0.279 e. The lowest BCUT2D eigenvalue weighted by Crippen LogP contribution is -2.40. The summed E-state index contributed by atoms with van der Waals surface area (Å²) in [6.07, 6.45) is 0. The molecule has 0 bridgehead atoms. The van der Waals surface area contributed by atoms with Crippen LogP contribution in [0.5, 0.6) is 0 Å². The largest absolute Gasteiger partial charge is 0.289 e.